The zero-order valence-electron chi connectivity index (χ0n) is 9.05. The topological polar surface area (TPSA) is 38.0 Å². The molecule has 0 saturated carbocycles. The molecule has 2 nitrogen and oxygen atoms in total. The largest absolute Gasteiger partial charge is 0.329 e. The molecule has 0 spiro atoms. The monoisotopic (exact) mass is 226 g/mol. The Kier molecular flexibility index (Phi) is 5.08. The van der Waals surface area contributed by atoms with Crippen molar-refractivity contribution in [3.8, 4) is 0 Å². The molecule has 88 valence electrons. The fraction of sp³-hybridized carbons (Fsp3) is 0.333. The lowest BCUT2D eigenvalue weighted by molar-refractivity contribution is 0.475. The van der Waals surface area contributed by atoms with Gasteiger partial charge in [0.2, 0.25) is 0 Å². The Bertz CT molecular complexity index is 333. The fourth-order valence-corrected chi connectivity index (χ4v) is 1.51. The van der Waals surface area contributed by atoms with Crippen molar-refractivity contribution in [2.45, 2.75) is 12.5 Å². The molecule has 4 heteroatoms. The van der Waals surface area contributed by atoms with Crippen LogP contribution in [0.5, 0.6) is 0 Å². The van der Waals surface area contributed by atoms with E-state index < -0.39 is 17.7 Å². The van der Waals surface area contributed by atoms with Crippen LogP contribution in [0.25, 0.3) is 0 Å². The van der Waals surface area contributed by atoms with Gasteiger partial charge in [0.15, 0.2) is 0 Å². The number of nitrogens with one attached hydrogen (secondary N) is 1. The number of hydrogen-bond donors (Lipinski definition) is 2. The van der Waals surface area contributed by atoms with Crippen molar-refractivity contribution >= 4 is 0 Å². The Balaban J connectivity index is 2.81. The van der Waals surface area contributed by atoms with Gasteiger partial charge in [0.05, 0.1) is 6.04 Å². The Morgan fingerprint density at radius 1 is 1.38 bits per heavy atom. The van der Waals surface area contributed by atoms with Crippen molar-refractivity contribution < 1.29 is 8.78 Å². The Hall–Kier alpha value is -1.26. The van der Waals surface area contributed by atoms with E-state index in [0.717, 1.165) is 6.42 Å². The average molecular weight is 226 g/mol. The summed E-state index contributed by atoms with van der Waals surface area (Å²) in [5, 5.41) is 2.99. The molecular formula is C12H16F2N2. The number of nitrogens with two attached hydrogens (primary N) is 1. The lowest BCUT2D eigenvalue weighted by atomic mass is 10.1. The third-order valence-corrected chi connectivity index (χ3v) is 2.32. The summed E-state index contributed by atoms with van der Waals surface area (Å²) in [4.78, 5) is 0. The SMILES string of the molecule is C=CCCNC(CN)c1c(F)cccc1F. The van der Waals surface area contributed by atoms with Crippen molar-refractivity contribution in [2.24, 2.45) is 5.73 Å². The van der Waals surface area contributed by atoms with Crippen LogP contribution in [0.2, 0.25) is 0 Å². The summed E-state index contributed by atoms with van der Waals surface area (Å²) in [6.07, 6.45) is 2.46. The van der Waals surface area contributed by atoms with E-state index in [4.69, 9.17) is 5.73 Å². The molecule has 0 bridgehead atoms. The highest BCUT2D eigenvalue weighted by Crippen LogP contribution is 2.19. The highest BCUT2D eigenvalue weighted by atomic mass is 19.1. The normalized spacial score (nSPS) is 12.4. The van der Waals surface area contributed by atoms with Crippen LogP contribution in [0.1, 0.15) is 18.0 Å². The second-order valence-electron chi connectivity index (χ2n) is 3.46. The molecule has 0 aliphatic carbocycles. The summed E-state index contributed by atoms with van der Waals surface area (Å²) < 4.78 is 26.9. The molecule has 1 aromatic carbocycles. The van der Waals surface area contributed by atoms with Crippen molar-refractivity contribution in [3.63, 3.8) is 0 Å². The molecule has 0 amide bonds. The number of rotatable bonds is 6. The first-order valence-electron chi connectivity index (χ1n) is 5.19. The summed E-state index contributed by atoms with van der Waals surface area (Å²) in [6.45, 7) is 4.32. The maximum absolute atomic E-state index is 13.4. The first-order valence-corrected chi connectivity index (χ1v) is 5.19. The molecule has 0 radical (unpaired) electrons. The highest BCUT2D eigenvalue weighted by molar-refractivity contribution is 5.23. The van der Waals surface area contributed by atoms with Crippen molar-refractivity contribution in [1.82, 2.24) is 5.32 Å². The molecule has 0 aliphatic rings. The zero-order chi connectivity index (χ0) is 12.0. The summed E-state index contributed by atoms with van der Waals surface area (Å²) in [7, 11) is 0. The summed E-state index contributed by atoms with van der Waals surface area (Å²) >= 11 is 0. The van der Waals surface area contributed by atoms with Crippen LogP contribution in [0.3, 0.4) is 0 Å². The van der Waals surface area contributed by atoms with E-state index in [0.29, 0.717) is 6.54 Å². The summed E-state index contributed by atoms with van der Waals surface area (Å²) in [5.41, 5.74) is 5.51. The molecule has 0 aromatic heterocycles. The van der Waals surface area contributed by atoms with Gasteiger partial charge in [-0.3, -0.25) is 0 Å². The Morgan fingerprint density at radius 2 is 2.00 bits per heavy atom. The molecule has 1 aromatic rings. The second kappa shape index (κ2) is 6.35. The van der Waals surface area contributed by atoms with E-state index in [1.807, 2.05) is 0 Å². The zero-order valence-corrected chi connectivity index (χ0v) is 9.05. The molecule has 0 fully saturated rings. The van der Waals surface area contributed by atoms with Gasteiger partial charge in [-0.2, -0.15) is 0 Å². The standard InChI is InChI=1S/C12H16F2N2/c1-2-3-7-16-11(8-15)12-9(13)5-4-6-10(12)14/h2,4-6,11,16H,1,3,7-8,15H2. The molecule has 3 N–H and O–H groups in total. The first-order chi connectivity index (χ1) is 7.70. The maximum atomic E-state index is 13.4. The number of hydrogen-bond acceptors (Lipinski definition) is 2. The average Bonchev–Trinajstić information content (AvgIpc) is 2.26. The highest BCUT2D eigenvalue weighted by Gasteiger charge is 2.17. The minimum atomic E-state index is -0.568. The van der Waals surface area contributed by atoms with Gasteiger partial charge < -0.3 is 11.1 Å². The Labute approximate surface area is 94.2 Å². The molecular weight excluding hydrogens is 210 g/mol. The van der Waals surface area contributed by atoms with Gasteiger partial charge >= 0.3 is 0 Å². The number of halogens is 2. The molecule has 1 rings (SSSR count). The molecule has 1 unspecified atom stereocenters. The van der Waals surface area contributed by atoms with Crippen LogP contribution < -0.4 is 11.1 Å². The fourth-order valence-electron chi connectivity index (χ4n) is 1.51. The van der Waals surface area contributed by atoms with Crippen LogP contribution >= 0.6 is 0 Å². The van der Waals surface area contributed by atoms with Gasteiger partial charge in [-0.25, -0.2) is 8.78 Å². The van der Waals surface area contributed by atoms with E-state index in [9.17, 15) is 8.78 Å². The van der Waals surface area contributed by atoms with Crippen LogP contribution in [-0.4, -0.2) is 13.1 Å². The maximum Gasteiger partial charge on any atom is 0.130 e. The first kappa shape index (κ1) is 12.8. The minimum absolute atomic E-state index is 0.00839. The summed E-state index contributed by atoms with van der Waals surface area (Å²) in [6, 6.07) is 3.30. The lowest BCUT2D eigenvalue weighted by Gasteiger charge is -2.18. The predicted molar refractivity (Wildman–Crippen MR) is 61.0 cm³/mol. The van der Waals surface area contributed by atoms with Gasteiger partial charge in [-0.1, -0.05) is 12.1 Å². The van der Waals surface area contributed by atoms with E-state index in [1.165, 1.54) is 18.2 Å². The molecule has 0 aliphatic heterocycles. The number of benzene rings is 1. The van der Waals surface area contributed by atoms with E-state index in [-0.39, 0.29) is 12.1 Å². The van der Waals surface area contributed by atoms with Crippen LogP contribution in [-0.2, 0) is 0 Å². The second-order valence-corrected chi connectivity index (χ2v) is 3.46. The summed E-state index contributed by atoms with van der Waals surface area (Å²) in [5.74, 6) is -1.14. The van der Waals surface area contributed by atoms with E-state index in [2.05, 4.69) is 11.9 Å². The third kappa shape index (κ3) is 3.12. The van der Waals surface area contributed by atoms with Crippen LogP contribution in [0.4, 0.5) is 8.78 Å². The van der Waals surface area contributed by atoms with Crippen molar-refractivity contribution in [1.29, 1.82) is 0 Å². The van der Waals surface area contributed by atoms with Gasteiger partial charge in [0.25, 0.3) is 0 Å². The van der Waals surface area contributed by atoms with Gasteiger partial charge in [0.1, 0.15) is 11.6 Å². The Morgan fingerprint density at radius 3 is 2.50 bits per heavy atom. The quantitative estimate of drug-likeness (QED) is 0.576. The van der Waals surface area contributed by atoms with Crippen LogP contribution in [0, 0.1) is 11.6 Å². The third-order valence-electron chi connectivity index (χ3n) is 2.32. The molecule has 1 atom stereocenters. The van der Waals surface area contributed by atoms with Gasteiger partial charge in [-0.05, 0) is 25.1 Å². The van der Waals surface area contributed by atoms with E-state index in [1.54, 1.807) is 6.08 Å². The molecule has 16 heavy (non-hydrogen) atoms. The van der Waals surface area contributed by atoms with E-state index >= 15 is 0 Å². The van der Waals surface area contributed by atoms with Crippen molar-refractivity contribution in [2.75, 3.05) is 13.1 Å². The molecule has 0 heterocycles. The lowest BCUT2D eigenvalue weighted by Crippen LogP contribution is -2.30. The van der Waals surface area contributed by atoms with Crippen molar-refractivity contribution in [3.05, 3.63) is 48.1 Å². The van der Waals surface area contributed by atoms with Gasteiger partial charge in [0, 0.05) is 12.1 Å². The smallest absolute Gasteiger partial charge is 0.130 e. The molecule has 0 saturated heterocycles. The van der Waals surface area contributed by atoms with Gasteiger partial charge in [-0.15, -0.1) is 6.58 Å². The predicted octanol–water partition coefficient (Wildman–Crippen LogP) is 2.13. The van der Waals surface area contributed by atoms with Crippen LogP contribution in [0.15, 0.2) is 30.9 Å². The minimum Gasteiger partial charge on any atom is -0.329 e.